The van der Waals surface area contributed by atoms with Crippen molar-refractivity contribution < 1.29 is 4.74 Å². The Morgan fingerprint density at radius 3 is 2.80 bits per heavy atom. The molecule has 2 heterocycles. The Hall–Kier alpha value is -1.82. The second-order valence-corrected chi connectivity index (χ2v) is 5.71. The molecule has 3 N–H and O–H groups in total. The fourth-order valence-corrected chi connectivity index (χ4v) is 2.70. The second-order valence-electron chi connectivity index (χ2n) is 4.73. The first kappa shape index (κ1) is 14.6. The van der Waals surface area contributed by atoms with E-state index in [1.54, 1.807) is 11.3 Å². The van der Waals surface area contributed by atoms with Crippen molar-refractivity contribution in [3.63, 3.8) is 0 Å². The molecule has 2 aromatic heterocycles. The topological polar surface area (TPSA) is 73.1 Å². The van der Waals surface area contributed by atoms with Crippen LogP contribution in [0.3, 0.4) is 0 Å². The predicted molar refractivity (Wildman–Crippen MR) is 83.2 cm³/mol. The van der Waals surface area contributed by atoms with E-state index in [0.717, 1.165) is 6.42 Å². The highest BCUT2D eigenvalue weighted by atomic mass is 32.1. The second kappa shape index (κ2) is 6.56. The fraction of sp³-hybridized carbons (Fsp3) is 0.429. The first-order chi connectivity index (χ1) is 9.61. The Labute approximate surface area is 123 Å². The molecule has 0 aliphatic rings. The van der Waals surface area contributed by atoms with Crippen molar-refractivity contribution in [1.82, 2.24) is 9.97 Å². The summed E-state index contributed by atoms with van der Waals surface area (Å²) in [5.74, 6) is 1.05. The number of ether oxygens (including phenoxy) is 1. The number of anilines is 2. The first-order valence-electron chi connectivity index (χ1n) is 6.68. The summed E-state index contributed by atoms with van der Waals surface area (Å²) >= 11 is 1.72. The predicted octanol–water partition coefficient (Wildman–Crippen LogP) is 3.47. The van der Waals surface area contributed by atoms with Gasteiger partial charge in [0, 0.05) is 4.88 Å². The van der Waals surface area contributed by atoms with Crippen molar-refractivity contribution in [2.75, 3.05) is 11.1 Å². The quantitative estimate of drug-likeness (QED) is 0.853. The van der Waals surface area contributed by atoms with Crippen LogP contribution in [0.15, 0.2) is 23.8 Å². The molecule has 0 saturated carbocycles. The summed E-state index contributed by atoms with van der Waals surface area (Å²) in [6.07, 6.45) is 2.45. The molecule has 1 unspecified atom stereocenters. The number of nitrogen functional groups attached to an aromatic ring is 1. The molecule has 0 saturated heterocycles. The van der Waals surface area contributed by atoms with Gasteiger partial charge in [0.15, 0.2) is 5.82 Å². The Kier molecular flexibility index (Phi) is 4.79. The molecule has 108 valence electrons. The molecule has 6 heteroatoms. The van der Waals surface area contributed by atoms with Crippen LogP contribution in [0.5, 0.6) is 5.88 Å². The van der Waals surface area contributed by atoms with Gasteiger partial charge in [-0.1, -0.05) is 13.0 Å². The van der Waals surface area contributed by atoms with Crippen molar-refractivity contribution in [2.24, 2.45) is 0 Å². The van der Waals surface area contributed by atoms with Gasteiger partial charge in [0.05, 0.1) is 12.1 Å². The highest BCUT2D eigenvalue weighted by Crippen LogP contribution is 2.31. The maximum Gasteiger partial charge on any atom is 0.242 e. The molecule has 0 fully saturated rings. The van der Waals surface area contributed by atoms with Crippen molar-refractivity contribution in [1.29, 1.82) is 0 Å². The van der Waals surface area contributed by atoms with Gasteiger partial charge in [0.2, 0.25) is 5.88 Å². The third-order valence-corrected chi connectivity index (χ3v) is 3.79. The Balaban J connectivity index is 2.20. The maximum absolute atomic E-state index is 6.08. The monoisotopic (exact) mass is 292 g/mol. The van der Waals surface area contributed by atoms with Crippen LogP contribution >= 0.6 is 11.3 Å². The number of hydrogen-bond donors (Lipinski definition) is 2. The van der Waals surface area contributed by atoms with Gasteiger partial charge in [-0.05, 0) is 31.7 Å². The molecular formula is C14H20N4OS. The average Bonchev–Trinajstić information content (AvgIpc) is 2.93. The van der Waals surface area contributed by atoms with E-state index in [2.05, 4.69) is 33.7 Å². The van der Waals surface area contributed by atoms with Gasteiger partial charge in [-0.25, -0.2) is 4.98 Å². The van der Waals surface area contributed by atoms with Gasteiger partial charge < -0.3 is 15.8 Å². The van der Waals surface area contributed by atoms with Crippen LogP contribution in [0.25, 0.3) is 0 Å². The van der Waals surface area contributed by atoms with Gasteiger partial charge in [0.25, 0.3) is 0 Å². The van der Waals surface area contributed by atoms with Crippen LogP contribution < -0.4 is 15.8 Å². The molecule has 20 heavy (non-hydrogen) atoms. The van der Waals surface area contributed by atoms with Crippen molar-refractivity contribution >= 4 is 22.8 Å². The summed E-state index contributed by atoms with van der Waals surface area (Å²) in [7, 11) is 0. The zero-order chi connectivity index (χ0) is 14.5. The molecule has 0 bridgehead atoms. The number of hydrogen-bond acceptors (Lipinski definition) is 6. The zero-order valence-corrected chi connectivity index (χ0v) is 12.8. The van der Waals surface area contributed by atoms with Gasteiger partial charge in [-0.2, -0.15) is 4.98 Å². The molecule has 5 nitrogen and oxygen atoms in total. The molecule has 2 rings (SSSR count). The third-order valence-electron chi connectivity index (χ3n) is 2.80. The molecule has 1 atom stereocenters. The van der Waals surface area contributed by atoms with Crippen molar-refractivity contribution in [3.05, 3.63) is 28.7 Å². The Bertz CT molecular complexity index is 542. The van der Waals surface area contributed by atoms with E-state index < -0.39 is 0 Å². The summed E-state index contributed by atoms with van der Waals surface area (Å²) in [5.41, 5.74) is 6.53. The molecule has 2 aromatic rings. The standard InChI is InChI=1S/C14H20N4OS/c1-4-10(11-6-5-7-20-11)18-13-12(15)14(17-8-16-13)19-9(2)3/h5-10H,4,15H2,1-3H3,(H,16,17,18). The van der Waals surface area contributed by atoms with E-state index in [1.165, 1.54) is 11.2 Å². The van der Waals surface area contributed by atoms with Gasteiger partial charge >= 0.3 is 0 Å². The van der Waals surface area contributed by atoms with E-state index >= 15 is 0 Å². The molecule has 0 amide bonds. The molecule has 0 aliphatic carbocycles. The molecule has 0 radical (unpaired) electrons. The highest BCUT2D eigenvalue weighted by molar-refractivity contribution is 7.10. The smallest absolute Gasteiger partial charge is 0.242 e. The van der Waals surface area contributed by atoms with Crippen LogP contribution in [-0.2, 0) is 0 Å². The lowest BCUT2D eigenvalue weighted by molar-refractivity contribution is 0.234. The lowest BCUT2D eigenvalue weighted by Crippen LogP contribution is -2.14. The van der Waals surface area contributed by atoms with Crippen LogP contribution in [0.4, 0.5) is 11.5 Å². The zero-order valence-electron chi connectivity index (χ0n) is 12.0. The summed E-state index contributed by atoms with van der Waals surface area (Å²) in [5, 5.41) is 5.43. The fourth-order valence-electron chi connectivity index (χ4n) is 1.84. The van der Waals surface area contributed by atoms with Crippen LogP contribution in [0, 0.1) is 0 Å². The minimum atomic E-state index is 0.0271. The van der Waals surface area contributed by atoms with Gasteiger partial charge in [-0.15, -0.1) is 11.3 Å². The molecular weight excluding hydrogens is 272 g/mol. The number of rotatable bonds is 6. The van der Waals surface area contributed by atoms with E-state index in [4.69, 9.17) is 10.5 Å². The van der Waals surface area contributed by atoms with Crippen LogP contribution in [-0.4, -0.2) is 16.1 Å². The van der Waals surface area contributed by atoms with E-state index in [-0.39, 0.29) is 12.1 Å². The van der Waals surface area contributed by atoms with E-state index in [9.17, 15) is 0 Å². The number of nitrogens with one attached hydrogen (secondary N) is 1. The third kappa shape index (κ3) is 3.39. The molecule has 0 aliphatic heterocycles. The van der Waals surface area contributed by atoms with Gasteiger partial charge in [0.1, 0.15) is 12.0 Å². The number of nitrogens with zero attached hydrogens (tertiary/aromatic N) is 2. The first-order valence-corrected chi connectivity index (χ1v) is 7.56. The van der Waals surface area contributed by atoms with E-state index in [1.807, 2.05) is 19.9 Å². The molecule has 0 spiro atoms. The lowest BCUT2D eigenvalue weighted by Gasteiger charge is -2.18. The average molecular weight is 292 g/mol. The van der Waals surface area contributed by atoms with Crippen LogP contribution in [0.2, 0.25) is 0 Å². The van der Waals surface area contributed by atoms with Gasteiger partial charge in [-0.3, -0.25) is 0 Å². The number of aromatic nitrogens is 2. The summed E-state index contributed by atoms with van der Waals surface area (Å²) in [6.45, 7) is 6.00. The van der Waals surface area contributed by atoms with Crippen molar-refractivity contribution in [2.45, 2.75) is 39.3 Å². The number of thiophene rings is 1. The summed E-state index contributed by atoms with van der Waals surface area (Å²) in [6, 6.07) is 4.34. The van der Waals surface area contributed by atoms with Crippen LogP contribution in [0.1, 0.15) is 38.1 Å². The minimum absolute atomic E-state index is 0.0271. The van der Waals surface area contributed by atoms with E-state index in [0.29, 0.717) is 17.4 Å². The maximum atomic E-state index is 6.08. The summed E-state index contributed by atoms with van der Waals surface area (Å²) in [4.78, 5) is 9.56. The Morgan fingerprint density at radius 2 is 2.20 bits per heavy atom. The normalized spacial score (nSPS) is 12.4. The SMILES string of the molecule is CCC(Nc1ncnc(OC(C)C)c1N)c1cccs1. The largest absolute Gasteiger partial charge is 0.473 e. The summed E-state index contributed by atoms with van der Waals surface area (Å²) < 4.78 is 5.58. The Morgan fingerprint density at radius 1 is 1.40 bits per heavy atom. The molecule has 0 aromatic carbocycles. The minimum Gasteiger partial charge on any atom is -0.473 e. The van der Waals surface area contributed by atoms with Crippen molar-refractivity contribution in [3.8, 4) is 5.88 Å². The highest BCUT2D eigenvalue weighted by Gasteiger charge is 2.15. The number of nitrogens with two attached hydrogens (primary N) is 1. The lowest BCUT2D eigenvalue weighted by atomic mass is 10.2.